The lowest BCUT2D eigenvalue weighted by molar-refractivity contribution is -0.0571. The fourth-order valence-electron chi connectivity index (χ4n) is 1.45. The number of ether oxygens (including phenoxy) is 1. The Morgan fingerprint density at radius 2 is 1.69 bits per heavy atom. The Hall–Kier alpha value is -0.0800. The first-order valence-corrected chi connectivity index (χ1v) is 6.83. The van der Waals surface area contributed by atoms with Gasteiger partial charge in [0.25, 0.3) is 0 Å². The Morgan fingerprint density at radius 3 is 2.00 bits per heavy atom. The van der Waals surface area contributed by atoms with Gasteiger partial charge in [0.15, 0.2) is 0 Å². The fraction of sp³-hybridized carbons (Fsp3) is 1.00. The maximum absolute atomic E-state index is 5.96. The quantitative estimate of drug-likeness (QED) is 0.719. The first kappa shape index (κ1) is 18.3. The second kappa shape index (κ2) is 10.1. The Labute approximate surface area is 103 Å². The van der Waals surface area contributed by atoms with Crippen molar-refractivity contribution >= 4 is 0 Å². The summed E-state index contributed by atoms with van der Waals surface area (Å²) >= 11 is 0. The molecular weight excluding hydrogens is 198 g/mol. The van der Waals surface area contributed by atoms with Crippen LogP contribution in [0, 0.1) is 5.92 Å². The van der Waals surface area contributed by atoms with Crippen LogP contribution >= 0.6 is 0 Å². The third kappa shape index (κ3) is 9.17. The van der Waals surface area contributed by atoms with E-state index in [1.54, 1.807) is 0 Å². The standard InChI is InChI=1S/C12H27NO.C2H6/c1-6-10(3)9-14-12(5,7-2)8-11(4)13;1-2/h10-11H,6-9,13H2,1-5H3;1-2H3. The minimum absolute atomic E-state index is 0.0302. The predicted molar refractivity (Wildman–Crippen MR) is 73.7 cm³/mol. The summed E-state index contributed by atoms with van der Waals surface area (Å²) in [5, 5.41) is 0. The van der Waals surface area contributed by atoms with Crippen molar-refractivity contribution in [3.05, 3.63) is 0 Å². The van der Waals surface area contributed by atoms with E-state index in [0.717, 1.165) is 19.4 Å². The van der Waals surface area contributed by atoms with Crippen LogP contribution in [0.1, 0.15) is 67.7 Å². The molecule has 0 saturated heterocycles. The van der Waals surface area contributed by atoms with Gasteiger partial charge in [-0.15, -0.1) is 0 Å². The molecule has 100 valence electrons. The largest absolute Gasteiger partial charge is 0.375 e. The summed E-state index contributed by atoms with van der Waals surface area (Å²) in [4.78, 5) is 0. The van der Waals surface area contributed by atoms with E-state index >= 15 is 0 Å². The molecule has 0 aromatic carbocycles. The summed E-state index contributed by atoms with van der Waals surface area (Å²) in [6, 6.07) is 0.219. The van der Waals surface area contributed by atoms with Crippen LogP contribution in [0.4, 0.5) is 0 Å². The summed E-state index contributed by atoms with van der Waals surface area (Å²) in [6.07, 6.45) is 3.16. The van der Waals surface area contributed by atoms with Gasteiger partial charge in [-0.05, 0) is 32.6 Å². The van der Waals surface area contributed by atoms with Crippen molar-refractivity contribution in [1.29, 1.82) is 0 Å². The van der Waals surface area contributed by atoms with Crippen molar-refractivity contribution < 1.29 is 4.74 Å². The van der Waals surface area contributed by atoms with Crippen LogP contribution in [0.15, 0.2) is 0 Å². The summed E-state index contributed by atoms with van der Waals surface area (Å²) < 4.78 is 5.96. The highest BCUT2D eigenvalue weighted by atomic mass is 16.5. The molecule has 0 aromatic rings. The van der Waals surface area contributed by atoms with E-state index in [4.69, 9.17) is 10.5 Å². The number of hydrogen-bond acceptors (Lipinski definition) is 2. The molecule has 3 atom stereocenters. The molecule has 0 heterocycles. The molecule has 2 heteroatoms. The zero-order valence-electron chi connectivity index (χ0n) is 12.5. The fourth-order valence-corrected chi connectivity index (χ4v) is 1.45. The lowest BCUT2D eigenvalue weighted by atomic mass is 9.94. The maximum atomic E-state index is 5.96. The smallest absolute Gasteiger partial charge is 0.0666 e. The molecular formula is C14H33NO. The molecule has 0 amide bonds. The Bertz CT molecular complexity index is 148. The zero-order chi connectivity index (χ0) is 13.2. The van der Waals surface area contributed by atoms with Crippen molar-refractivity contribution in [2.45, 2.75) is 79.4 Å². The van der Waals surface area contributed by atoms with Gasteiger partial charge >= 0.3 is 0 Å². The summed E-state index contributed by atoms with van der Waals surface area (Å²) in [5.41, 5.74) is 5.78. The molecule has 0 aliphatic rings. The van der Waals surface area contributed by atoms with E-state index < -0.39 is 0 Å². The highest BCUT2D eigenvalue weighted by Gasteiger charge is 2.24. The first-order valence-electron chi connectivity index (χ1n) is 6.83. The minimum Gasteiger partial charge on any atom is -0.375 e. The molecule has 0 bridgehead atoms. The lowest BCUT2D eigenvalue weighted by Crippen LogP contribution is -2.36. The molecule has 2 nitrogen and oxygen atoms in total. The molecule has 0 rings (SSSR count). The van der Waals surface area contributed by atoms with E-state index in [-0.39, 0.29) is 11.6 Å². The second-order valence-electron chi connectivity index (χ2n) is 4.81. The van der Waals surface area contributed by atoms with Crippen LogP contribution in [-0.2, 0) is 4.74 Å². The van der Waals surface area contributed by atoms with Crippen molar-refractivity contribution in [2.75, 3.05) is 6.61 Å². The number of rotatable bonds is 7. The van der Waals surface area contributed by atoms with Crippen molar-refractivity contribution in [3.8, 4) is 0 Å². The first-order chi connectivity index (χ1) is 7.43. The molecule has 0 aromatic heterocycles. The molecule has 3 unspecified atom stereocenters. The van der Waals surface area contributed by atoms with Gasteiger partial charge < -0.3 is 10.5 Å². The van der Waals surface area contributed by atoms with Crippen LogP contribution in [0.3, 0.4) is 0 Å². The van der Waals surface area contributed by atoms with Crippen LogP contribution < -0.4 is 5.73 Å². The monoisotopic (exact) mass is 231 g/mol. The van der Waals surface area contributed by atoms with E-state index in [2.05, 4.69) is 27.7 Å². The van der Waals surface area contributed by atoms with Crippen LogP contribution in [0.25, 0.3) is 0 Å². The van der Waals surface area contributed by atoms with Crippen molar-refractivity contribution in [2.24, 2.45) is 11.7 Å². The molecule has 0 aliphatic heterocycles. The van der Waals surface area contributed by atoms with Gasteiger partial charge in [0.05, 0.1) is 5.60 Å². The topological polar surface area (TPSA) is 35.2 Å². The van der Waals surface area contributed by atoms with Gasteiger partial charge in [-0.1, -0.05) is 41.0 Å². The molecule has 2 N–H and O–H groups in total. The Morgan fingerprint density at radius 1 is 1.19 bits per heavy atom. The van der Waals surface area contributed by atoms with Crippen molar-refractivity contribution in [3.63, 3.8) is 0 Å². The van der Waals surface area contributed by atoms with E-state index in [0.29, 0.717) is 5.92 Å². The number of nitrogens with two attached hydrogens (primary N) is 1. The summed E-state index contributed by atoms with van der Waals surface area (Å²) in [6.45, 7) is 15.6. The van der Waals surface area contributed by atoms with Gasteiger partial charge in [-0.2, -0.15) is 0 Å². The third-order valence-electron chi connectivity index (χ3n) is 2.91. The highest BCUT2D eigenvalue weighted by Crippen LogP contribution is 2.22. The van der Waals surface area contributed by atoms with Crippen LogP contribution in [0.2, 0.25) is 0 Å². The van der Waals surface area contributed by atoms with Gasteiger partial charge in [-0.3, -0.25) is 0 Å². The Balaban J connectivity index is 0. The Kier molecular flexibility index (Phi) is 11.5. The van der Waals surface area contributed by atoms with E-state index in [9.17, 15) is 0 Å². The molecule has 0 saturated carbocycles. The van der Waals surface area contributed by atoms with Crippen LogP contribution in [0.5, 0.6) is 0 Å². The second-order valence-corrected chi connectivity index (χ2v) is 4.81. The lowest BCUT2D eigenvalue weighted by Gasteiger charge is -2.31. The van der Waals surface area contributed by atoms with Crippen molar-refractivity contribution in [1.82, 2.24) is 0 Å². The summed E-state index contributed by atoms with van der Waals surface area (Å²) in [5.74, 6) is 0.647. The van der Waals surface area contributed by atoms with E-state index in [1.165, 1.54) is 6.42 Å². The van der Waals surface area contributed by atoms with Gasteiger partial charge in [0.2, 0.25) is 0 Å². The van der Waals surface area contributed by atoms with Gasteiger partial charge in [0, 0.05) is 12.6 Å². The molecule has 0 spiro atoms. The average Bonchev–Trinajstić information content (AvgIpc) is 2.27. The predicted octanol–water partition coefficient (Wildman–Crippen LogP) is 3.98. The van der Waals surface area contributed by atoms with Crippen LogP contribution in [-0.4, -0.2) is 18.2 Å². The summed E-state index contributed by atoms with van der Waals surface area (Å²) in [7, 11) is 0. The third-order valence-corrected chi connectivity index (χ3v) is 2.91. The van der Waals surface area contributed by atoms with Gasteiger partial charge in [-0.25, -0.2) is 0 Å². The average molecular weight is 231 g/mol. The normalized spacial score (nSPS) is 18.0. The highest BCUT2D eigenvalue weighted by molar-refractivity contribution is 4.77. The van der Waals surface area contributed by atoms with Gasteiger partial charge in [0.1, 0.15) is 0 Å². The SMILES string of the molecule is CC.CCC(C)COC(C)(CC)CC(C)N. The maximum Gasteiger partial charge on any atom is 0.0666 e. The zero-order valence-corrected chi connectivity index (χ0v) is 12.5. The number of hydrogen-bond donors (Lipinski definition) is 1. The molecule has 0 radical (unpaired) electrons. The van der Waals surface area contributed by atoms with E-state index in [1.807, 2.05) is 20.8 Å². The minimum atomic E-state index is -0.0302. The molecule has 16 heavy (non-hydrogen) atoms. The molecule has 0 aliphatic carbocycles. The molecule has 0 fully saturated rings.